The number of likely N-dealkylation sites (tertiary alicyclic amines) is 1. The molecular formula is C25H29FN2O5. The number of rotatable bonds is 8. The topological polar surface area (TPSA) is 98.9 Å². The minimum Gasteiger partial charge on any atom is -0.466 e. The number of carbonyl (C=O) groups is 3. The standard InChI is InChI=1S/C25H29FN2O5/c1-2-32-24(30)19-12-13-28(25(31)33-16-18-6-4-3-5-7-18)22(15-19)23(29)21(27)14-17-8-10-20(26)11-9-17/h3-11,19,21-22H,2,12-16,27H2,1H3. The molecule has 0 aromatic heterocycles. The Morgan fingerprint density at radius 1 is 1.06 bits per heavy atom. The molecule has 0 bridgehead atoms. The van der Waals surface area contributed by atoms with Crippen LogP contribution in [0.1, 0.15) is 30.9 Å². The van der Waals surface area contributed by atoms with Crippen LogP contribution < -0.4 is 5.73 Å². The normalized spacial score (nSPS) is 18.9. The van der Waals surface area contributed by atoms with E-state index in [1.54, 1.807) is 19.1 Å². The fourth-order valence-corrected chi connectivity index (χ4v) is 3.95. The number of Topliss-reactive ketones (excluding diaryl/α,β-unsaturated/α-hetero) is 1. The zero-order valence-corrected chi connectivity index (χ0v) is 18.6. The maximum Gasteiger partial charge on any atom is 0.410 e. The van der Waals surface area contributed by atoms with Crippen molar-refractivity contribution in [2.24, 2.45) is 11.7 Å². The Hall–Kier alpha value is -3.26. The zero-order chi connectivity index (χ0) is 23.8. The molecule has 1 fully saturated rings. The van der Waals surface area contributed by atoms with Gasteiger partial charge in [0.25, 0.3) is 0 Å². The van der Waals surface area contributed by atoms with Crippen molar-refractivity contribution in [1.29, 1.82) is 0 Å². The molecule has 0 radical (unpaired) electrons. The fraction of sp³-hybridized carbons (Fsp3) is 0.400. The molecule has 0 saturated carbocycles. The maximum absolute atomic E-state index is 13.3. The van der Waals surface area contributed by atoms with Crippen LogP contribution in [-0.4, -0.2) is 48.0 Å². The lowest BCUT2D eigenvalue weighted by atomic mass is 9.86. The summed E-state index contributed by atoms with van der Waals surface area (Å²) >= 11 is 0. The molecule has 3 unspecified atom stereocenters. The first-order valence-corrected chi connectivity index (χ1v) is 11.1. The molecule has 1 amide bonds. The van der Waals surface area contributed by atoms with E-state index in [0.717, 1.165) is 5.56 Å². The van der Waals surface area contributed by atoms with E-state index in [-0.39, 0.29) is 50.2 Å². The quantitative estimate of drug-likeness (QED) is 0.613. The molecule has 1 saturated heterocycles. The minimum atomic E-state index is -0.925. The number of hydrogen-bond donors (Lipinski definition) is 1. The highest BCUT2D eigenvalue weighted by Crippen LogP contribution is 2.27. The number of carbonyl (C=O) groups excluding carboxylic acids is 3. The molecule has 1 aliphatic rings. The summed E-state index contributed by atoms with van der Waals surface area (Å²) in [6.07, 6.45) is 0.0476. The van der Waals surface area contributed by atoms with Crippen molar-refractivity contribution in [2.45, 2.75) is 44.9 Å². The molecule has 3 atom stereocenters. The van der Waals surface area contributed by atoms with Gasteiger partial charge in [0, 0.05) is 6.54 Å². The first-order chi connectivity index (χ1) is 15.9. The summed E-state index contributed by atoms with van der Waals surface area (Å²) in [4.78, 5) is 39.8. The SMILES string of the molecule is CCOC(=O)C1CCN(C(=O)OCc2ccccc2)C(C(=O)C(N)Cc2ccc(F)cc2)C1. The van der Waals surface area contributed by atoms with Gasteiger partial charge in [-0.2, -0.15) is 0 Å². The highest BCUT2D eigenvalue weighted by atomic mass is 19.1. The van der Waals surface area contributed by atoms with E-state index < -0.39 is 24.1 Å². The first-order valence-electron chi connectivity index (χ1n) is 11.1. The summed E-state index contributed by atoms with van der Waals surface area (Å²) in [6.45, 7) is 2.20. The van der Waals surface area contributed by atoms with Crippen LogP contribution in [0.15, 0.2) is 54.6 Å². The van der Waals surface area contributed by atoms with Crippen LogP contribution in [0.5, 0.6) is 0 Å². The molecule has 1 aliphatic heterocycles. The van der Waals surface area contributed by atoms with Crippen molar-refractivity contribution < 1.29 is 28.2 Å². The number of halogens is 1. The Morgan fingerprint density at radius 2 is 1.76 bits per heavy atom. The van der Waals surface area contributed by atoms with Crippen molar-refractivity contribution in [1.82, 2.24) is 4.90 Å². The fourth-order valence-electron chi connectivity index (χ4n) is 3.95. The second-order valence-electron chi connectivity index (χ2n) is 8.06. The van der Waals surface area contributed by atoms with Crippen molar-refractivity contribution in [3.63, 3.8) is 0 Å². The lowest BCUT2D eigenvalue weighted by Gasteiger charge is -2.38. The van der Waals surface area contributed by atoms with Crippen LogP contribution in [0, 0.1) is 11.7 Å². The molecule has 3 rings (SSSR count). The summed E-state index contributed by atoms with van der Waals surface area (Å²) in [7, 11) is 0. The van der Waals surface area contributed by atoms with E-state index in [4.69, 9.17) is 15.2 Å². The Labute approximate surface area is 192 Å². The van der Waals surface area contributed by atoms with Gasteiger partial charge in [0.05, 0.1) is 24.6 Å². The predicted octanol–water partition coefficient (Wildman–Crippen LogP) is 3.25. The average molecular weight is 457 g/mol. The van der Waals surface area contributed by atoms with Crippen LogP contribution in [0.4, 0.5) is 9.18 Å². The number of esters is 1. The minimum absolute atomic E-state index is 0.0695. The molecule has 0 spiro atoms. The van der Waals surface area contributed by atoms with Crippen LogP contribution in [0.2, 0.25) is 0 Å². The smallest absolute Gasteiger partial charge is 0.410 e. The van der Waals surface area contributed by atoms with E-state index in [2.05, 4.69) is 0 Å². The monoisotopic (exact) mass is 456 g/mol. The Morgan fingerprint density at radius 3 is 2.42 bits per heavy atom. The van der Waals surface area contributed by atoms with Gasteiger partial charge in [0.1, 0.15) is 12.4 Å². The van der Waals surface area contributed by atoms with Gasteiger partial charge in [-0.3, -0.25) is 14.5 Å². The number of benzene rings is 2. The third kappa shape index (κ3) is 6.61. The van der Waals surface area contributed by atoms with Gasteiger partial charge in [-0.25, -0.2) is 9.18 Å². The molecule has 2 aromatic carbocycles. The van der Waals surface area contributed by atoms with Crippen LogP contribution in [0.3, 0.4) is 0 Å². The number of nitrogens with two attached hydrogens (primary N) is 1. The summed E-state index contributed by atoms with van der Waals surface area (Å²) in [5, 5.41) is 0. The molecule has 176 valence electrons. The van der Waals surface area contributed by atoms with Gasteiger partial charge in [-0.15, -0.1) is 0 Å². The third-order valence-corrected chi connectivity index (χ3v) is 5.72. The maximum atomic E-state index is 13.3. The third-order valence-electron chi connectivity index (χ3n) is 5.72. The molecule has 8 heteroatoms. The van der Waals surface area contributed by atoms with Gasteiger partial charge < -0.3 is 15.2 Å². The molecule has 0 aliphatic carbocycles. The number of ketones is 1. The van der Waals surface area contributed by atoms with Gasteiger partial charge in [0.2, 0.25) is 0 Å². The van der Waals surface area contributed by atoms with Crippen molar-refractivity contribution >= 4 is 17.8 Å². The Kier molecular flexibility index (Phi) is 8.54. The van der Waals surface area contributed by atoms with E-state index in [1.807, 2.05) is 30.3 Å². The van der Waals surface area contributed by atoms with Crippen molar-refractivity contribution in [3.8, 4) is 0 Å². The molecule has 2 N–H and O–H groups in total. The number of ether oxygens (including phenoxy) is 2. The molecule has 33 heavy (non-hydrogen) atoms. The molecule has 2 aromatic rings. The summed E-state index contributed by atoms with van der Waals surface area (Å²) in [5.41, 5.74) is 7.71. The van der Waals surface area contributed by atoms with E-state index >= 15 is 0 Å². The Bertz CT molecular complexity index is 951. The van der Waals surface area contributed by atoms with E-state index in [1.165, 1.54) is 17.0 Å². The van der Waals surface area contributed by atoms with Crippen LogP contribution >= 0.6 is 0 Å². The number of amides is 1. The van der Waals surface area contributed by atoms with Crippen LogP contribution in [0.25, 0.3) is 0 Å². The Balaban J connectivity index is 1.72. The number of piperidine rings is 1. The van der Waals surface area contributed by atoms with Crippen molar-refractivity contribution in [3.05, 3.63) is 71.5 Å². The average Bonchev–Trinajstić information content (AvgIpc) is 2.84. The largest absolute Gasteiger partial charge is 0.466 e. The predicted molar refractivity (Wildman–Crippen MR) is 120 cm³/mol. The summed E-state index contributed by atoms with van der Waals surface area (Å²) in [5.74, 6) is -1.64. The second kappa shape index (κ2) is 11.6. The van der Waals surface area contributed by atoms with E-state index in [9.17, 15) is 18.8 Å². The van der Waals surface area contributed by atoms with Crippen molar-refractivity contribution in [2.75, 3.05) is 13.2 Å². The van der Waals surface area contributed by atoms with Gasteiger partial charge >= 0.3 is 12.1 Å². The highest BCUT2D eigenvalue weighted by Gasteiger charge is 2.41. The van der Waals surface area contributed by atoms with Gasteiger partial charge in [-0.1, -0.05) is 42.5 Å². The molecular weight excluding hydrogens is 427 g/mol. The number of nitrogens with zero attached hydrogens (tertiary/aromatic N) is 1. The summed E-state index contributed by atoms with van der Waals surface area (Å²) in [6, 6.07) is 13.1. The lowest BCUT2D eigenvalue weighted by molar-refractivity contribution is -0.151. The highest BCUT2D eigenvalue weighted by molar-refractivity contribution is 5.92. The molecule has 1 heterocycles. The van der Waals surface area contributed by atoms with Gasteiger partial charge in [-0.05, 0) is 49.4 Å². The molecule has 7 nitrogen and oxygen atoms in total. The van der Waals surface area contributed by atoms with Crippen LogP contribution in [-0.2, 0) is 32.1 Å². The first kappa shape index (κ1) is 24.4. The zero-order valence-electron chi connectivity index (χ0n) is 18.6. The van der Waals surface area contributed by atoms with E-state index in [0.29, 0.717) is 12.0 Å². The summed E-state index contributed by atoms with van der Waals surface area (Å²) < 4.78 is 23.8. The number of hydrogen-bond acceptors (Lipinski definition) is 6. The second-order valence-corrected chi connectivity index (χ2v) is 8.06. The lowest BCUT2D eigenvalue weighted by Crippen LogP contribution is -2.55. The van der Waals surface area contributed by atoms with Gasteiger partial charge in [0.15, 0.2) is 5.78 Å².